The first kappa shape index (κ1) is 19.0. The van der Waals surface area contributed by atoms with E-state index in [4.69, 9.17) is 32.7 Å². The predicted molar refractivity (Wildman–Crippen MR) is 105 cm³/mol. The van der Waals surface area contributed by atoms with Gasteiger partial charge in [0.15, 0.2) is 5.60 Å². The Bertz CT molecular complexity index is 805. The quantitative estimate of drug-likeness (QED) is 0.530. The number of benzene rings is 1. The van der Waals surface area contributed by atoms with Crippen LogP contribution < -0.4 is 4.74 Å². The number of ether oxygens (including phenoxy) is 2. The van der Waals surface area contributed by atoms with Gasteiger partial charge in [-0.25, -0.2) is 9.98 Å². The summed E-state index contributed by atoms with van der Waals surface area (Å²) in [4.78, 5) is 10.7. The van der Waals surface area contributed by atoms with Gasteiger partial charge in [-0.3, -0.25) is 0 Å². The van der Waals surface area contributed by atoms with Crippen molar-refractivity contribution in [2.45, 2.75) is 19.4 Å². The number of aryl methyl sites for hydroxylation is 1. The number of halogens is 2. The van der Waals surface area contributed by atoms with E-state index in [9.17, 15) is 0 Å². The lowest BCUT2D eigenvalue weighted by atomic mass is 9.88. The van der Waals surface area contributed by atoms with Crippen LogP contribution in [0.3, 0.4) is 0 Å². The third-order valence-corrected chi connectivity index (χ3v) is 4.87. The highest BCUT2D eigenvalue weighted by Gasteiger charge is 2.44. The number of hydrogen-bond donors (Lipinski definition) is 0. The van der Waals surface area contributed by atoms with Gasteiger partial charge in [-0.1, -0.05) is 23.2 Å². The predicted octanol–water partition coefficient (Wildman–Crippen LogP) is 4.61. The van der Waals surface area contributed by atoms with Gasteiger partial charge in [0.05, 0.1) is 35.3 Å². The summed E-state index contributed by atoms with van der Waals surface area (Å²) in [7, 11) is 1.96. The summed E-state index contributed by atoms with van der Waals surface area (Å²) in [5, 5.41) is 1.14. The van der Waals surface area contributed by atoms with Crippen LogP contribution >= 0.6 is 23.2 Å². The maximum atomic E-state index is 6.48. The largest absolute Gasteiger partial charge is 0.461 e. The van der Waals surface area contributed by atoms with E-state index >= 15 is 0 Å². The standard InChI is InChI=1S/C19H21Cl2N3O2/c1-4-24(3)12-23-17-7-13(2)15(8-16(17)21)19(10-25-11-19)26-18-6-5-14(20)9-22-18/h5-9,12H,4,10-11H2,1-3H3/b23-12+. The Morgan fingerprint density at radius 1 is 1.35 bits per heavy atom. The number of nitrogens with zero attached hydrogens (tertiary/aromatic N) is 3. The smallest absolute Gasteiger partial charge is 0.214 e. The number of hydrogen-bond acceptors (Lipinski definition) is 4. The lowest BCUT2D eigenvalue weighted by molar-refractivity contribution is -0.169. The van der Waals surface area contributed by atoms with Gasteiger partial charge in [-0.15, -0.1) is 0 Å². The van der Waals surface area contributed by atoms with Crippen LogP contribution in [0.5, 0.6) is 5.88 Å². The maximum absolute atomic E-state index is 6.48. The van der Waals surface area contributed by atoms with Crippen LogP contribution in [0.15, 0.2) is 35.5 Å². The molecule has 0 radical (unpaired) electrons. The summed E-state index contributed by atoms with van der Waals surface area (Å²) in [6, 6.07) is 7.38. The fourth-order valence-electron chi connectivity index (χ4n) is 2.68. The topological polar surface area (TPSA) is 47.0 Å². The molecule has 0 aliphatic carbocycles. The summed E-state index contributed by atoms with van der Waals surface area (Å²) < 4.78 is 11.6. The molecule has 3 rings (SSSR count). The van der Waals surface area contributed by atoms with E-state index < -0.39 is 5.60 Å². The summed E-state index contributed by atoms with van der Waals surface area (Å²) in [5.41, 5.74) is 2.15. The fraction of sp³-hybridized carbons (Fsp3) is 0.368. The van der Waals surface area contributed by atoms with Crippen molar-refractivity contribution in [3.05, 3.63) is 51.6 Å². The molecule has 0 spiro atoms. The Labute approximate surface area is 163 Å². The highest BCUT2D eigenvalue weighted by atomic mass is 35.5. The molecule has 1 aromatic heterocycles. The highest BCUT2D eigenvalue weighted by molar-refractivity contribution is 6.33. The van der Waals surface area contributed by atoms with Crippen molar-refractivity contribution < 1.29 is 9.47 Å². The van der Waals surface area contributed by atoms with Crippen molar-refractivity contribution in [1.29, 1.82) is 0 Å². The summed E-state index contributed by atoms with van der Waals surface area (Å²) >= 11 is 12.4. The van der Waals surface area contributed by atoms with Crippen molar-refractivity contribution in [3.63, 3.8) is 0 Å². The molecule has 1 aliphatic heterocycles. The van der Waals surface area contributed by atoms with Gasteiger partial charge >= 0.3 is 0 Å². The van der Waals surface area contributed by atoms with Crippen LogP contribution in [-0.2, 0) is 10.3 Å². The van der Waals surface area contributed by atoms with Gasteiger partial charge in [0, 0.05) is 31.4 Å². The monoisotopic (exact) mass is 393 g/mol. The summed E-state index contributed by atoms with van der Waals surface area (Å²) in [6.45, 7) is 5.84. The van der Waals surface area contributed by atoms with E-state index in [0.717, 1.165) is 23.4 Å². The van der Waals surface area contributed by atoms with Crippen LogP contribution in [0.1, 0.15) is 18.1 Å². The molecule has 5 nitrogen and oxygen atoms in total. The molecule has 2 heterocycles. The van der Waals surface area contributed by atoms with Crippen LogP contribution in [0.4, 0.5) is 5.69 Å². The number of pyridine rings is 1. The third kappa shape index (κ3) is 3.95. The molecule has 0 amide bonds. The molecule has 0 bridgehead atoms. The molecule has 138 valence electrons. The highest BCUT2D eigenvalue weighted by Crippen LogP contribution is 2.40. The Balaban J connectivity index is 1.90. The van der Waals surface area contributed by atoms with Gasteiger partial charge in [-0.05, 0) is 37.6 Å². The first-order valence-electron chi connectivity index (χ1n) is 8.37. The van der Waals surface area contributed by atoms with Gasteiger partial charge in [-0.2, -0.15) is 0 Å². The molecule has 1 aliphatic rings. The molecule has 1 aromatic carbocycles. The van der Waals surface area contributed by atoms with E-state index in [0.29, 0.717) is 29.1 Å². The molecule has 0 atom stereocenters. The minimum Gasteiger partial charge on any atom is -0.461 e. The van der Waals surface area contributed by atoms with Gasteiger partial charge in [0.1, 0.15) is 0 Å². The van der Waals surface area contributed by atoms with Crippen molar-refractivity contribution in [1.82, 2.24) is 9.88 Å². The van der Waals surface area contributed by atoms with Crippen molar-refractivity contribution in [2.75, 3.05) is 26.8 Å². The van der Waals surface area contributed by atoms with Gasteiger partial charge in [0.2, 0.25) is 5.88 Å². The zero-order valence-corrected chi connectivity index (χ0v) is 16.5. The molecular formula is C19H21Cl2N3O2. The number of rotatable bonds is 6. The van der Waals surface area contributed by atoms with Crippen LogP contribution in [0.25, 0.3) is 0 Å². The van der Waals surface area contributed by atoms with E-state index in [1.807, 2.05) is 31.0 Å². The normalized spacial score (nSPS) is 15.7. The van der Waals surface area contributed by atoms with E-state index in [1.54, 1.807) is 24.7 Å². The molecule has 1 saturated heterocycles. The molecule has 0 N–H and O–H groups in total. The SMILES string of the molecule is CCN(C)/C=N/c1cc(C)c(C2(Oc3ccc(Cl)cn3)COC2)cc1Cl. The lowest BCUT2D eigenvalue weighted by Crippen LogP contribution is -2.52. The van der Waals surface area contributed by atoms with Gasteiger partial charge < -0.3 is 14.4 Å². The number of aromatic nitrogens is 1. The Kier molecular flexibility index (Phi) is 5.70. The lowest BCUT2D eigenvalue weighted by Gasteiger charge is -2.42. The third-order valence-electron chi connectivity index (χ3n) is 4.35. The molecule has 0 unspecified atom stereocenters. The summed E-state index contributed by atoms with van der Waals surface area (Å²) in [6.07, 6.45) is 3.34. The molecule has 7 heteroatoms. The first-order chi connectivity index (χ1) is 12.4. The molecule has 0 saturated carbocycles. The molecule has 2 aromatic rings. The zero-order chi connectivity index (χ0) is 18.7. The minimum atomic E-state index is -0.600. The van der Waals surface area contributed by atoms with Crippen molar-refractivity contribution >= 4 is 35.2 Å². The van der Waals surface area contributed by atoms with Crippen molar-refractivity contribution in [2.24, 2.45) is 4.99 Å². The minimum absolute atomic E-state index is 0.440. The van der Waals surface area contributed by atoms with Crippen LogP contribution in [0, 0.1) is 6.92 Å². The Morgan fingerprint density at radius 2 is 2.12 bits per heavy atom. The fourth-order valence-corrected chi connectivity index (χ4v) is 3.00. The molecule has 1 fully saturated rings. The average Bonchev–Trinajstić information content (AvgIpc) is 2.60. The second-order valence-corrected chi connectivity index (χ2v) is 7.18. The maximum Gasteiger partial charge on any atom is 0.214 e. The summed E-state index contributed by atoms with van der Waals surface area (Å²) in [5.74, 6) is 0.500. The van der Waals surface area contributed by atoms with Crippen LogP contribution in [-0.4, -0.2) is 43.0 Å². The van der Waals surface area contributed by atoms with Crippen molar-refractivity contribution in [3.8, 4) is 5.88 Å². The Morgan fingerprint density at radius 3 is 2.69 bits per heavy atom. The first-order valence-corrected chi connectivity index (χ1v) is 9.12. The second-order valence-electron chi connectivity index (χ2n) is 6.34. The zero-order valence-electron chi connectivity index (χ0n) is 15.0. The van der Waals surface area contributed by atoms with E-state index in [2.05, 4.69) is 16.9 Å². The van der Waals surface area contributed by atoms with E-state index in [-0.39, 0.29) is 0 Å². The van der Waals surface area contributed by atoms with Gasteiger partial charge in [0.25, 0.3) is 0 Å². The Hall–Kier alpha value is -1.82. The molecule has 26 heavy (non-hydrogen) atoms. The molecular weight excluding hydrogens is 373 g/mol. The van der Waals surface area contributed by atoms with E-state index in [1.165, 1.54) is 0 Å². The number of aliphatic imine (C=N–C) groups is 1. The average molecular weight is 394 g/mol. The van der Waals surface area contributed by atoms with Crippen LogP contribution in [0.2, 0.25) is 10.0 Å². The second kappa shape index (κ2) is 7.82.